The SMILES string of the molecule is COc1cccc(/C=N\NC(=O)Cn2nnc(N)n2)c1. The van der Waals surface area contributed by atoms with E-state index in [2.05, 4.69) is 25.9 Å². The molecule has 3 N–H and O–H groups in total. The lowest BCUT2D eigenvalue weighted by atomic mass is 10.2. The van der Waals surface area contributed by atoms with Gasteiger partial charge in [-0.3, -0.25) is 4.79 Å². The summed E-state index contributed by atoms with van der Waals surface area (Å²) in [7, 11) is 1.58. The maximum atomic E-state index is 11.5. The fraction of sp³-hybridized carbons (Fsp3) is 0.182. The summed E-state index contributed by atoms with van der Waals surface area (Å²) in [6.45, 7) is -0.111. The largest absolute Gasteiger partial charge is 0.497 e. The standard InChI is InChI=1S/C11H13N7O2/c1-20-9-4-2-3-8(5-9)6-13-14-10(19)7-18-16-11(12)15-17-18/h2-6H,7H2,1H3,(H2,12,16)(H,14,19)/b13-6-. The lowest BCUT2D eigenvalue weighted by molar-refractivity contribution is -0.122. The number of tetrazole rings is 1. The van der Waals surface area contributed by atoms with Crippen molar-refractivity contribution in [1.29, 1.82) is 0 Å². The molecule has 0 radical (unpaired) electrons. The third kappa shape index (κ3) is 3.77. The van der Waals surface area contributed by atoms with Crippen LogP contribution < -0.4 is 15.9 Å². The van der Waals surface area contributed by atoms with E-state index in [1.54, 1.807) is 13.2 Å². The van der Waals surface area contributed by atoms with Crippen LogP contribution in [-0.2, 0) is 11.3 Å². The van der Waals surface area contributed by atoms with E-state index in [9.17, 15) is 4.79 Å². The van der Waals surface area contributed by atoms with Crippen LogP contribution in [0.1, 0.15) is 5.56 Å². The molecule has 2 aromatic rings. The number of nitrogen functional groups attached to an aromatic ring is 1. The molecule has 0 aliphatic heterocycles. The number of nitrogens with zero attached hydrogens (tertiary/aromatic N) is 5. The van der Waals surface area contributed by atoms with E-state index in [1.807, 2.05) is 18.2 Å². The summed E-state index contributed by atoms with van der Waals surface area (Å²) < 4.78 is 5.08. The number of benzene rings is 1. The summed E-state index contributed by atoms with van der Waals surface area (Å²) in [5, 5.41) is 14.5. The molecule has 0 aliphatic rings. The third-order valence-electron chi connectivity index (χ3n) is 2.25. The molecule has 1 amide bonds. The van der Waals surface area contributed by atoms with Crippen molar-refractivity contribution in [3.8, 4) is 5.75 Å². The van der Waals surface area contributed by atoms with Gasteiger partial charge in [0, 0.05) is 0 Å². The number of carbonyl (C=O) groups excluding carboxylic acids is 1. The van der Waals surface area contributed by atoms with Crippen molar-refractivity contribution in [2.24, 2.45) is 5.10 Å². The highest BCUT2D eigenvalue weighted by Gasteiger charge is 2.04. The van der Waals surface area contributed by atoms with Crippen molar-refractivity contribution < 1.29 is 9.53 Å². The second-order valence-electron chi connectivity index (χ2n) is 3.75. The molecule has 1 heterocycles. The summed E-state index contributed by atoms with van der Waals surface area (Å²) in [6, 6.07) is 7.26. The van der Waals surface area contributed by atoms with Crippen LogP contribution in [0.25, 0.3) is 0 Å². The van der Waals surface area contributed by atoms with E-state index in [0.29, 0.717) is 5.75 Å². The lowest BCUT2D eigenvalue weighted by Crippen LogP contribution is -2.24. The van der Waals surface area contributed by atoms with Gasteiger partial charge in [-0.15, -0.1) is 5.10 Å². The number of rotatable bonds is 5. The number of ether oxygens (including phenoxy) is 1. The van der Waals surface area contributed by atoms with Crippen molar-refractivity contribution in [2.45, 2.75) is 6.54 Å². The third-order valence-corrected chi connectivity index (χ3v) is 2.25. The predicted octanol–water partition coefficient (Wildman–Crippen LogP) is -0.586. The van der Waals surface area contributed by atoms with Crippen LogP contribution in [0.2, 0.25) is 0 Å². The van der Waals surface area contributed by atoms with Crippen molar-refractivity contribution in [1.82, 2.24) is 25.6 Å². The van der Waals surface area contributed by atoms with Gasteiger partial charge in [-0.05, 0) is 22.9 Å². The Balaban J connectivity index is 1.87. The fourth-order valence-electron chi connectivity index (χ4n) is 1.39. The van der Waals surface area contributed by atoms with Gasteiger partial charge in [0.25, 0.3) is 11.9 Å². The van der Waals surface area contributed by atoms with Crippen LogP contribution in [0, 0.1) is 0 Å². The van der Waals surface area contributed by atoms with Gasteiger partial charge < -0.3 is 10.5 Å². The summed E-state index contributed by atoms with van der Waals surface area (Å²) >= 11 is 0. The Morgan fingerprint density at radius 3 is 3.15 bits per heavy atom. The Morgan fingerprint density at radius 2 is 2.45 bits per heavy atom. The minimum absolute atomic E-state index is 0.0117. The molecule has 20 heavy (non-hydrogen) atoms. The first kappa shape index (κ1) is 13.5. The predicted molar refractivity (Wildman–Crippen MR) is 71.0 cm³/mol. The highest BCUT2D eigenvalue weighted by molar-refractivity contribution is 5.82. The molecule has 104 valence electrons. The number of carbonyl (C=O) groups is 1. The topological polar surface area (TPSA) is 120 Å². The first-order valence-corrected chi connectivity index (χ1v) is 5.66. The van der Waals surface area contributed by atoms with Crippen LogP contribution in [0.4, 0.5) is 5.95 Å². The van der Waals surface area contributed by atoms with E-state index >= 15 is 0 Å². The van der Waals surface area contributed by atoms with Gasteiger partial charge in [-0.2, -0.15) is 9.90 Å². The monoisotopic (exact) mass is 275 g/mol. The van der Waals surface area contributed by atoms with E-state index in [4.69, 9.17) is 10.5 Å². The molecular formula is C11H13N7O2. The average Bonchev–Trinajstić information content (AvgIpc) is 2.84. The lowest BCUT2D eigenvalue weighted by Gasteiger charge is -2.00. The molecule has 2 rings (SSSR count). The number of methoxy groups -OCH3 is 1. The van der Waals surface area contributed by atoms with Crippen LogP contribution >= 0.6 is 0 Å². The number of anilines is 1. The summed E-state index contributed by atoms with van der Waals surface area (Å²) in [5.74, 6) is 0.335. The van der Waals surface area contributed by atoms with Crippen LogP contribution in [-0.4, -0.2) is 39.4 Å². The van der Waals surface area contributed by atoms with Gasteiger partial charge >= 0.3 is 0 Å². The Bertz CT molecular complexity index is 623. The molecule has 0 atom stereocenters. The zero-order valence-corrected chi connectivity index (χ0v) is 10.7. The number of nitrogens with one attached hydrogen (secondary N) is 1. The second kappa shape index (κ2) is 6.27. The van der Waals surface area contributed by atoms with Gasteiger partial charge in [-0.25, -0.2) is 5.43 Å². The molecule has 0 saturated heterocycles. The Hall–Kier alpha value is -2.97. The highest BCUT2D eigenvalue weighted by atomic mass is 16.5. The van der Waals surface area contributed by atoms with Crippen LogP contribution in [0.15, 0.2) is 29.4 Å². The van der Waals surface area contributed by atoms with E-state index < -0.39 is 0 Å². The first-order chi connectivity index (χ1) is 9.67. The number of hydrogen-bond donors (Lipinski definition) is 2. The van der Waals surface area contributed by atoms with Gasteiger partial charge in [0.1, 0.15) is 12.3 Å². The molecular weight excluding hydrogens is 262 g/mol. The molecule has 0 saturated carbocycles. The van der Waals surface area contributed by atoms with Crippen LogP contribution in [0.5, 0.6) is 5.75 Å². The number of nitrogens with two attached hydrogens (primary N) is 1. The molecule has 0 aliphatic carbocycles. The molecule has 1 aromatic heterocycles. The zero-order chi connectivity index (χ0) is 14.4. The number of hydrazone groups is 1. The smallest absolute Gasteiger partial charge is 0.263 e. The Labute approximate surface area is 114 Å². The quantitative estimate of drug-likeness (QED) is 0.556. The van der Waals surface area contributed by atoms with E-state index in [1.165, 1.54) is 6.21 Å². The van der Waals surface area contributed by atoms with Crippen molar-refractivity contribution in [3.05, 3.63) is 29.8 Å². The zero-order valence-electron chi connectivity index (χ0n) is 10.7. The maximum absolute atomic E-state index is 11.5. The fourth-order valence-corrected chi connectivity index (χ4v) is 1.39. The second-order valence-corrected chi connectivity index (χ2v) is 3.75. The van der Waals surface area contributed by atoms with Gasteiger partial charge in [0.15, 0.2) is 0 Å². The summed E-state index contributed by atoms with van der Waals surface area (Å²) in [5.41, 5.74) is 8.42. The molecule has 0 spiro atoms. The van der Waals surface area contributed by atoms with Gasteiger partial charge in [0.2, 0.25) is 0 Å². The van der Waals surface area contributed by atoms with E-state index in [-0.39, 0.29) is 18.4 Å². The molecule has 0 bridgehead atoms. The average molecular weight is 275 g/mol. The number of hydrogen-bond acceptors (Lipinski definition) is 7. The Morgan fingerprint density at radius 1 is 1.60 bits per heavy atom. The van der Waals surface area contributed by atoms with E-state index in [0.717, 1.165) is 10.4 Å². The molecule has 0 fully saturated rings. The van der Waals surface area contributed by atoms with Gasteiger partial charge in [-0.1, -0.05) is 17.2 Å². The summed E-state index contributed by atoms with van der Waals surface area (Å²) in [4.78, 5) is 12.6. The van der Waals surface area contributed by atoms with Crippen molar-refractivity contribution in [2.75, 3.05) is 12.8 Å². The summed E-state index contributed by atoms with van der Waals surface area (Å²) in [6.07, 6.45) is 1.50. The normalized spacial score (nSPS) is 10.7. The molecule has 9 nitrogen and oxygen atoms in total. The highest BCUT2D eigenvalue weighted by Crippen LogP contribution is 2.10. The molecule has 0 unspecified atom stereocenters. The number of aromatic nitrogens is 4. The maximum Gasteiger partial charge on any atom is 0.263 e. The van der Waals surface area contributed by atoms with Crippen molar-refractivity contribution in [3.63, 3.8) is 0 Å². The van der Waals surface area contributed by atoms with Crippen molar-refractivity contribution >= 4 is 18.1 Å². The number of amides is 1. The molecule has 9 heteroatoms. The minimum atomic E-state index is -0.387. The van der Waals surface area contributed by atoms with Crippen LogP contribution in [0.3, 0.4) is 0 Å². The first-order valence-electron chi connectivity index (χ1n) is 5.66. The molecule has 1 aromatic carbocycles. The minimum Gasteiger partial charge on any atom is -0.497 e. The van der Waals surface area contributed by atoms with Gasteiger partial charge in [0.05, 0.1) is 13.3 Å². The Kier molecular flexibility index (Phi) is 4.22.